The number of amides is 3. The van der Waals surface area contributed by atoms with Crippen molar-refractivity contribution in [3.63, 3.8) is 0 Å². The third kappa shape index (κ3) is 5.16. The van der Waals surface area contributed by atoms with E-state index in [-0.39, 0.29) is 35.1 Å². The molecule has 4 N–H and O–H groups in total. The summed E-state index contributed by atoms with van der Waals surface area (Å²) in [6.07, 6.45) is 0. The molecule has 1 fully saturated rings. The van der Waals surface area contributed by atoms with Crippen LogP contribution in [-0.4, -0.2) is 63.0 Å². The van der Waals surface area contributed by atoms with E-state index in [0.717, 1.165) is 0 Å². The lowest BCUT2D eigenvalue weighted by Gasteiger charge is -2.47. The summed E-state index contributed by atoms with van der Waals surface area (Å²) in [5, 5.41) is 22.0. The number of methoxy groups -OCH3 is 4. The molecule has 0 unspecified atom stereocenters. The quantitative estimate of drug-likeness (QED) is 0.169. The summed E-state index contributed by atoms with van der Waals surface area (Å²) in [5.41, 5.74) is 3.06. The Hall–Kier alpha value is -4.97. The van der Waals surface area contributed by atoms with E-state index in [4.69, 9.17) is 24.2 Å². The molecule has 4 rings (SSSR count). The van der Waals surface area contributed by atoms with Crippen molar-refractivity contribution in [2.45, 2.75) is 6.04 Å². The van der Waals surface area contributed by atoms with Crippen molar-refractivity contribution < 1.29 is 43.6 Å². The highest BCUT2D eigenvalue weighted by atomic mass is 16.5. The van der Waals surface area contributed by atoms with Crippen LogP contribution in [0.25, 0.3) is 0 Å². The molecule has 2 atom stereocenters. The fourth-order valence-corrected chi connectivity index (χ4v) is 4.66. The van der Waals surface area contributed by atoms with Gasteiger partial charge in [0.15, 0.2) is 23.0 Å². The number of carbonyl (C=O) groups excluding carboxylic acids is 3. The lowest BCUT2D eigenvalue weighted by Crippen LogP contribution is -2.58. The lowest BCUT2D eigenvalue weighted by molar-refractivity contribution is -0.130. The van der Waals surface area contributed by atoms with Crippen LogP contribution < -0.4 is 34.6 Å². The van der Waals surface area contributed by atoms with Crippen LogP contribution in [0, 0.1) is 5.92 Å². The maximum atomic E-state index is 13.5. The van der Waals surface area contributed by atoms with E-state index in [2.05, 4.69) is 5.32 Å². The molecular formula is C28H29N3O9. The van der Waals surface area contributed by atoms with Crippen LogP contribution in [0.4, 0.5) is 5.69 Å². The van der Waals surface area contributed by atoms with E-state index in [1.165, 1.54) is 69.2 Å². The molecule has 1 saturated heterocycles. The number of ether oxygens (including phenoxy) is 4. The first-order valence-electron chi connectivity index (χ1n) is 12.1. The number of hydrogen-bond acceptors (Lipinski definition) is 9. The van der Waals surface area contributed by atoms with Crippen molar-refractivity contribution >= 4 is 23.4 Å². The highest BCUT2D eigenvalue weighted by Gasteiger charge is 2.49. The molecule has 0 aromatic heterocycles. The Balaban J connectivity index is 1.64. The molecule has 0 saturated carbocycles. The highest BCUT2D eigenvalue weighted by Crippen LogP contribution is 2.49. The molecule has 12 nitrogen and oxygen atoms in total. The molecule has 0 aliphatic carbocycles. The molecule has 1 heterocycles. The van der Waals surface area contributed by atoms with E-state index in [9.17, 15) is 19.5 Å². The maximum absolute atomic E-state index is 13.5. The summed E-state index contributed by atoms with van der Waals surface area (Å²) in [6.45, 7) is -0.00503. The largest absolute Gasteiger partial charge is 0.504 e. The predicted octanol–water partition coefficient (Wildman–Crippen LogP) is 2.68. The standard InChI is InChI=1S/C28H29N3O9/c1-37-21-10-9-17(11-20(21)32)24-19(14-29-26(33)15-5-7-16(8-6-15)27(34)30-36)28(35)31(24)18-12-22(38-2)25(40-4)23(13-18)39-3/h5-13,19,24,32,36H,14H2,1-4H3,(H,29,33)(H,30,34)/t19-,24-/m0/s1. The smallest absolute Gasteiger partial charge is 0.274 e. The van der Waals surface area contributed by atoms with Gasteiger partial charge in [-0.15, -0.1) is 0 Å². The van der Waals surface area contributed by atoms with Gasteiger partial charge in [0.2, 0.25) is 11.7 Å². The number of rotatable bonds is 10. The topological polar surface area (TPSA) is 156 Å². The van der Waals surface area contributed by atoms with Crippen molar-refractivity contribution in [3.05, 3.63) is 71.3 Å². The molecule has 0 radical (unpaired) electrons. The highest BCUT2D eigenvalue weighted by molar-refractivity contribution is 6.04. The van der Waals surface area contributed by atoms with Gasteiger partial charge in [-0.2, -0.15) is 0 Å². The number of hydroxylamine groups is 1. The summed E-state index contributed by atoms with van der Waals surface area (Å²) in [6, 6.07) is 13.2. The molecule has 210 valence electrons. The Morgan fingerprint density at radius 1 is 0.825 bits per heavy atom. The predicted molar refractivity (Wildman–Crippen MR) is 143 cm³/mol. The second-order valence-electron chi connectivity index (χ2n) is 8.80. The zero-order valence-electron chi connectivity index (χ0n) is 22.3. The van der Waals surface area contributed by atoms with Gasteiger partial charge < -0.3 is 34.3 Å². The maximum Gasteiger partial charge on any atom is 0.274 e. The molecule has 0 spiro atoms. The zero-order chi connectivity index (χ0) is 29.0. The van der Waals surface area contributed by atoms with Crippen molar-refractivity contribution in [1.82, 2.24) is 10.8 Å². The number of phenolic OH excluding ortho intramolecular Hbond substituents is 1. The first kappa shape index (κ1) is 28.0. The van der Waals surface area contributed by atoms with Gasteiger partial charge in [-0.3, -0.25) is 19.6 Å². The lowest BCUT2D eigenvalue weighted by atomic mass is 9.81. The van der Waals surface area contributed by atoms with Gasteiger partial charge >= 0.3 is 0 Å². The number of β-lactam (4-membered cyclic amide) rings is 1. The fourth-order valence-electron chi connectivity index (χ4n) is 4.66. The Kier molecular flexibility index (Phi) is 8.29. The minimum absolute atomic E-state index is 0.00503. The molecule has 40 heavy (non-hydrogen) atoms. The number of benzene rings is 3. The van der Waals surface area contributed by atoms with Crippen molar-refractivity contribution in [1.29, 1.82) is 0 Å². The fraction of sp³-hybridized carbons (Fsp3) is 0.250. The second-order valence-corrected chi connectivity index (χ2v) is 8.80. The summed E-state index contributed by atoms with van der Waals surface area (Å²) >= 11 is 0. The molecule has 1 aliphatic rings. The summed E-state index contributed by atoms with van der Waals surface area (Å²) in [4.78, 5) is 39.4. The Morgan fingerprint density at radius 2 is 1.40 bits per heavy atom. The van der Waals surface area contributed by atoms with E-state index in [0.29, 0.717) is 28.5 Å². The monoisotopic (exact) mass is 551 g/mol. The van der Waals surface area contributed by atoms with Gasteiger partial charge in [0.25, 0.3) is 11.8 Å². The van der Waals surface area contributed by atoms with Crippen molar-refractivity contribution in [3.8, 4) is 28.7 Å². The molecule has 12 heteroatoms. The van der Waals surface area contributed by atoms with Crippen LogP contribution in [0.15, 0.2) is 54.6 Å². The Morgan fingerprint density at radius 3 is 1.90 bits per heavy atom. The Bertz CT molecular complexity index is 1400. The van der Waals surface area contributed by atoms with E-state index >= 15 is 0 Å². The summed E-state index contributed by atoms with van der Waals surface area (Å²) in [7, 11) is 5.86. The second kappa shape index (κ2) is 11.8. The van der Waals surface area contributed by atoms with Crippen LogP contribution in [0.3, 0.4) is 0 Å². The molecule has 3 amide bonds. The third-order valence-corrected chi connectivity index (χ3v) is 6.68. The van der Waals surface area contributed by atoms with Crippen LogP contribution in [0.2, 0.25) is 0 Å². The van der Waals surface area contributed by atoms with E-state index < -0.39 is 23.8 Å². The molecule has 3 aromatic carbocycles. The summed E-state index contributed by atoms with van der Waals surface area (Å²) < 4.78 is 21.5. The summed E-state index contributed by atoms with van der Waals surface area (Å²) in [5.74, 6) is -0.842. The SMILES string of the molecule is COc1ccc([C@H]2[C@H](CNC(=O)c3ccc(C(=O)NO)cc3)C(=O)N2c2cc(OC)c(OC)c(OC)c2)cc1O. The number of nitrogens with zero attached hydrogens (tertiary/aromatic N) is 1. The van der Waals surface area contributed by atoms with Crippen molar-refractivity contribution in [2.75, 3.05) is 39.9 Å². The zero-order valence-corrected chi connectivity index (χ0v) is 22.3. The third-order valence-electron chi connectivity index (χ3n) is 6.68. The van der Waals surface area contributed by atoms with E-state index in [1.54, 1.807) is 24.3 Å². The van der Waals surface area contributed by atoms with Crippen molar-refractivity contribution in [2.24, 2.45) is 5.92 Å². The number of aromatic hydroxyl groups is 1. The average molecular weight is 552 g/mol. The molecule has 0 bridgehead atoms. The normalized spacial score (nSPS) is 16.0. The first-order chi connectivity index (χ1) is 19.3. The first-order valence-corrected chi connectivity index (χ1v) is 12.1. The van der Waals surface area contributed by atoms with Gasteiger partial charge in [0, 0.05) is 29.8 Å². The molecule has 3 aromatic rings. The average Bonchev–Trinajstić information content (AvgIpc) is 2.98. The minimum Gasteiger partial charge on any atom is -0.504 e. The minimum atomic E-state index is -0.704. The van der Waals surface area contributed by atoms with Gasteiger partial charge in [-0.25, -0.2) is 5.48 Å². The van der Waals surface area contributed by atoms with Crippen LogP contribution in [0.5, 0.6) is 28.7 Å². The molecule has 1 aliphatic heterocycles. The van der Waals surface area contributed by atoms with Gasteiger partial charge in [-0.1, -0.05) is 6.07 Å². The van der Waals surface area contributed by atoms with Gasteiger partial charge in [0.05, 0.1) is 46.1 Å². The van der Waals surface area contributed by atoms with Crippen LogP contribution in [0.1, 0.15) is 32.3 Å². The van der Waals surface area contributed by atoms with Crippen LogP contribution >= 0.6 is 0 Å². The number of nitrogens with one attached hydrogen (secondary N) is 2. The number of phenols is 1. The van der Waals surface area contributed by atoms with E-state index in [1.807, 2.05) is 0 Å². The van der Waals surface area contributed by atoms with Crippen LogP contribution in [-0.2, 0) is 4.79 Å². The number of anilines is 1. The van der Waals surface area contributed by atoms with Gasteiger partial charge in [-0.05, 0) is 42.0 Å². The van der Waals surface area contributed by atoms with Gasteiger partial charge in [0.1, 0.15) is 0 Å². The number of hydrogen-bond donors (Lipinski definition) is 4. The molecular weight excluding hydrogens is 522 g/mol. The number of carbonyl (C=O) groups is 3. The Labute approximate surface area is 230 Å².